The van der Waals surface area contributed by atoms with E-state index in [0.29, 0.717) is 6.61 Å². The van der Waals surface area contributed by atoms with Crippen LogP contribution in [0.15, 0.2) is 30.3 Å². The Morgan fingerprint density at radius 2 is 1.92 bits per heavy atom. The standard InChI is InChI=1S/C20H29NO4/c1-22-19-16(21-13-15-8-4-2-5-9-15)12-17(24-19)18-14-23-20(25-18)10-6-3-7-11-20/h2,4-5,8-9,16-19,21H,3,6-7,10-14H2,1H3/t16-,17-,18-,19-/m1/s1. The lowest BCUT2D eigenvalue weighted by atomic mass is 9.94. The molecule has 25 heavy (non-hydrogen) atoms. The van der Waals surface area contributed by atoms with E-state index in [2.05, 4.69) is 29.6 Å². The minimum absolute atomic E-state index is 0.0132. The van der Waals surface area contributed by atoms with Crippen molar-refractivity contribution in [2.45, 2.75) is 75.4 Å². The number of methoxy groups -OCH3 is 1. The number of rotatable bonds is 5. The van der Waals surface area contributed by atoms with E-state index >= 15 is 0 Å². The van der Waals surface area contributed by atoms with Gasteiger partial charge in [-0.15, -0.1) is 0 Å². The molecule has 0 aromatic heterocycles. The molecule has 2 aliphatic heterocycles. The summed E-state index contributed by atoms with van der Waals surface area (Å²) in [6.45, 7) is 1.44. The predicted octanol–water partition coefficient (Wildman–Crippen LogP) is 2.98. The normalized spacial score (nSPS) is 34.6. The predicted molar refractivity (Wildman–Crippen MR) is 94.0 cm³/mol. The molecule has 1 spiro atoms. The maximum Gasteiger partial charge on any atom is 0.172 e. The van der Waals surface area contributed by atoms with E-state index < -0.39 is 0 Å². The van der Waals surface area contributed by atoms with Gasteiger partial charge in [-0.25, -0.2) is 0 Å². The van der Waals surface area contributed by atoms with Crippen LogP contribution in [-0.4, -0.2) is 44.0 Å². The first-order valence-electron chi connectivity index (χ1n) is 9.55. The molecule has 138 valence electrons. The molecular weight excluding hydrogens is 318 g/mol. The van der Waals surface area contributed by atoms with Crippen LogP contribution in [0.25, 0.3) is 0 Å². The van der Waals surface area contributed by atoms with Crippen molar-refractivity contribution in [3.8, 4) is 0 Å². The van der Waals surface area contributed by atoms with E-state index in [-0.39, 0.29) is 30.3 Å². The zero-order chi connectivity index (χ0) is 17.1. The molecule has 4 rings (SSSR count). The Kier molecular flexibility index (Phi) is 5.39. The SMILES string of the molecule is CO[C@@H]1O[C@@H]([C@H]2COC3(CCCCC3)O2)C[C@H]1NCc1ccccc1. The van der Waals surface area contributed by atoms with E-state index in [0.717, 1.165) is 25.8 Å². The number of nitrogens with one attached hydrogen (secondary N) is 1. The molecule has 1 saturated carbocycles. The first kappa shape index (κ1) is 17.4. The third-order valence-corrected chi connectivity index (χ3v) is 5.67. The minimum Gasteiger partial charge on any atom is -0.354 e. The van der Waals surface area contributed by atoms with Gasteiger partial charge >= 0.3 is 0 Å². The highest BCUT2D eigenvalue weighted by atomic mass is 16.8. The van der Waals surface area contributed by atoms with Crippen LogP contribution in [0.1, 0.15) is 44.1 Å². The van der Waals surface area contributed by atoms with E-state index in [1.54, 1.807) is 7.11 Å². The molecule has 1 aliphatic carbocycles. The van der Waals surface area contributed by atoms with Crippen LogP contribution in [0.4, 0.5) is 0 Å². The lowest BCUT2D eigenvalue weighted by Gasteiger charge is -2.32. The molecule has 3 fully saturated rings. The first-order chi connectivity index (χ1) is 12.3. The molecule has 2 heterocycles. The van der Waals surface area contributed by atoms with E-state index in [4.69, 9.17) is 18.9 Å². The van der Waals surface area contributed by atoms with Crippen LogP contribution in [-0.2, 0) is 25.5 Å². The summed E-state index contributed by atoms with van der Waals surface area (Å²) in [5, 5.41) is 3.58. The second-order valence-electron chi connectivity index (χ2n) is 7.43. The summed E-state index contributed by atoms with van der Waals surface area (Å²) in [5.41, 5.74) is 1.27. The molecule has 1 N–H and O–H groups in total. The van der Waals surface area contributed by atoms with Crippen LogP contribution in [0, 0.1) is 0 Å². The zero-order valence-corrected chi connectivity index (χ0v) is 15.0. The molecular formula is C20H29NO4. The Bertz CT molecular complexity index is 546. The Morgan fingerprint density at radius 1 is 1.12 bits per heavy atom. The fourth-order valence-electron chi connectivity index (χ4n) is 4.28. The van der Waals surface area contributed by atoms with Gasteiger partial charge in [0.05, 0.1) is 18.8 Å². The summed E-state index contributed by atoms with van der Waals surface area (Å²) in [7, 11) is 1.71. The van der Waals surface area contributed by atoms with E-state index in [1.165, 1.54) is 24.8 Å². The quantitative estimate of drug-likeness (QED) is 0.887. The summed E-state index contributed by atoms with van der Waals surface area (Å²) in [5.74, 6) is -0.343. The number of hydrogen-bond donors (Lipinski definition) is 1. The fourth-order valence-corrected chi connectivity index (χ4v) is 4.28. The van der Waals surface area contributed by atoms with Crippen LogP contribution < -0.4 is 5.32 Å². The second-order valence-corrected chi connectivity index (χ2v) is 7.43. The van der Waals surface area contributed by atoms with Crippen molar-refractivity contribution in [1.82, 2.24) is 5.32 Å². The highest BCUT2D eigenvalue weighted by molar-refractivity contribution is 5.14. The van der Waals surface area contributed by atoms with Crippen molar-refractivity contribution < 1.29 is 18.9 Å². The maximum absolute atomic E-state index is 6.35. The molecule has 5 nitrogen and oxygen atoms in total. The van der Waals surface area contributed by atoms with Gasteiger partial charge in [-0.2, -0.15) is 0 Å². The second kappa shape index (κ2) is 7.72. The average Bonchev–Trinajstić information content (AvgIpc) is 3.26. The molecule has 3 aliphatic rings. The summed E-state index contributed by atoms with van der Waals surface area (Å²) in [4.78, 5) is 0. The molecule has 5 heteroatoms. The lowest BCUT2D eigenvalue weighted by molar-refractivity contribution is -0.206. The fraction of sp³-hybridized carbons (Fsp3) is 0.700. The Balaban J connectivity index is 1.33. The molecule has 4 atom stereocenters. The first-order valence-corrected chi connectivity index (χ1v) is 9.55. The Morgan fingerprint density at radius 3 is 2.68 bits per heavy atom. The third kappa shape index (κ3) is 3.91. The van der Waals surface area contributed by atoms with Crippen molar-refractivity contribution in [3.63, 3.8) is 0 Å². The van der Waals surface area contributed by atoms with Gasteiger partial charge in [0, 0.05) is 26.5 Å². The van der Waals surface area contributed by atoms with Gasteiger partial charge in [-0.05, 0) is 24.8 Å². The summed E-state index contributed by atoms with van der Waals surface area (Å²) < 4.78 is 24.1. The van der Waals surface area contributed by atoms with Gasteiger partial charge < -0.3 is 24.3 Å². The van der Waals surface area contributed by atoms with Gasteiger partial charge in [-0.1, -0.05) is 36.8 Å². The summed E-state index contributed by atoms with van der Waals surface area (Å²) in [6, 6.07) is 10.6. The van der Waals surface area contributed by atoms with Crippen molar-refractivity contribution in [2.24, 2.45) is 0 Å². The van der Waals surface area contributed by atoms with Gasteiger partial charge in [0.2, 0.25) is 0 Å². The molecule has 0 amide bonds. The lowest BCUT2D eigenvalue weighted by Crippen LogP contribution is -2.37. The Labute approximate surface area is 150 Å². The van der Waals surface area contributed by atoms with Crippen molar-refractivity contribution in [1.29, 1.82) is 0 Å². The minimum atomic E-state index is -0.343. The largest absolute Gasteiger partial charge is 0.354 e. The summed E-state index contributed by atoms with van der Waals surface area (Å²) >= 11 is 0. The third-order valence-electron chi connectivity index (χ3n) is 5.67. The van der Waals surface area contributed by atoms with Crippen molar-refractivity contribution in [3.05, 3.63) is 35.9 Å². The van der Waals surface area contributed by atoms with E-state index in [9.17, 15) is 0 Å². The molecule has 0 bridgehead atoms. The van der Waals surface area contributed by atoms with Gasteiger partial charge in [0.1, 0.15) is 6.10 Å². The zero-order valence-electron chi connectivity index (χ0n) is 15.0. The molecule has 0 unspecified atom stereocenters. The highest BCUT2D eigenvalue weighted by Gasteiger charge is 2.48. The van der Waals surface area contributed by atoms with Gasteiger partial charge in [0.15, 0.2) is 12.1 Å². The number of benzene rings is 1. The van der Waals surface area contributed by atoms with Crippen LogP contribution in [0.2, 0.25) is 0 Å². The van der Waals surface area contributed by atoms with Crippen LogP contribution in [0.5, 0.6) is 0 Å². The van der Waals surface area contributed by atoms with Crippen molar-refractivity contribution in [2.75, 3.05) is 13.7 Å². The maximum atomic E-state index is 6.35. The van der Waals surface area contributed by atoms with Gasteiger partial charge in [-0.3, -0.25) is 0 Å². The van der Waals surface area contributed by atoms with Gasteiger partial charge in [0.25, 0.3) is 0 Å². The highest BCUT2D eigenvalue weighted by Crippen LogP contribution is 2.40. The molecule has 1 aromatic carbocycles. The van der Waals surface area contributed by atoms with Crippen LogP contribution in [0.3, 0.4) is 0 Å². The topological polar surface area (TPSA) is 49.0 Å². The summed E-state index contributed by atoms with van der Waals surface area (Å²) in [6.07, 6.45) is 6.39. The van der Waals surface area contributed by atoms with Crippen molar-refractivity contribution >= 4 is 0 Å². The molecule has 1 aromatic rings. The Hall–Kier alpha value is -0.980. The van der Waals surface area contributed by atoms with Crippen LogP contribution >= 0.6 is 0 Å². The monoisotopic (exact) mass is 347 g/mol. The average molecular weight is 347 g/mol. The van der Waals surface area contributed by atoms with E-state index in [1.807, 2.05) is 6.07 Å². The smallest absolute Gasteiger partial charge is 0.172 e. The molecule has 0 radical (unpaired) electrons. The number of hydrogen-bond acceptors (Lipinski definition) is 5. The molecule has 2 saturated heterocycles. The number of ether oxygens (including phenoxy) is 4.